The standard InChI is InChI=1S/C19H13N5O2/c20-10-14-13(17-5-6-18(26-17)15-7-8-22-24-15)9-16(23-19(14)21)11-1-3-12(25)4-2-11/h1-9,25H,(H2,21,23)(H,22,24). The molecule has 26 heavy (non-hydrogen) atoms. The SMILES string of the molecule is N#Cc1c(-c2ccc(-c3ccn[nH]3)o2)cc(-c2ccc(O)cc2)nc1N. The van der Waals surface area contributed by atoms with E-state index >= 15 is 0 Å². The van der Waals surface area contributed by atoms with Crippen LogP contribution in [0, 0.1) is 11.3 Å². The third kappa shape index (κ3) is 2.65. The van der Waals surface area contributed by atoms with E-state index < -0.39 is 0 Å². The minimum Gasteiger partial charge on any atom is -0.508 e. The molecule has 0 fully saturated rings. The zero-order valence-corrected chi connectivity index (χ0v) is 13.5. The van der Waals surface area contributed by atoms with Crippen molar-refractivity contribution in [1.29, 1.82) is 5.26 Å². The number of aromatic hydroxyl groups is 1. The molecular weight excluding hydrogens is 330 g/mol. The number of benzene rings is 1. The number of phenols is 1. The summed E-state index contributed by atoms with van der Waals surface area (Å²) in [5, 5.41) is 25.7. The highest BCUT2D eigenvalue weighted by Crippen LogP contribution is 2.34. The maximum absolute atomic E-state index is 9.49. The molecule has 0 atom stereocenters. The van der Waals surface area contributed by atoms with Crippen LogP contribution in [0.5, 0.6) is 5.75 Å². The molecule has 3 heterocycles. The number of aromatic nitrogens is 3. The fourth-order valence-corrected chi connectivity index (χ4v) is 2.68. The molecule has 0 aliphatic carbocycles. The lowest BCUT2D eigenvalue weighted by molar-refractivity contribution is 0.475. The molecule has 0 aliphatic rings. The van der Waals surface area contributed by atoms with Gasteiger partial charge in [-0.3, -0.25) is 5.10 Å². The Balaban J connectivity index is 1.85. The Labute approximate surface area is 148 Å². The molecule has 0 saturated carbocycles. The van der Waals surface area contributed by atoms with Gasteiger partial charge in [0.2, 0.25) is 0 Å². The van der Waals surface area contributed by atoms with Crippen LogP contribution >= 0.6 is 0 Å². The molecule has 0 bridgehead atoms. The van der Waals surface area contributed by atoms with E-state index in [0.29, 0.717) is 22.8 Å². The van der Waals surface area contributed by atoms with Gasteiger partial charge in [0.15, 0.2) is 5.76 Å². The van der Waals surface area contributed by atoms with Crippen LogP contribution in [0.2, 0.25) is 0 Å². The maximum Gasteiger partial charge on any atom is 0.152 e. The Morgan fingerprint density at radius 3 is 2.54 bits per heavy atom. The van der Waals surface area contributed by atoms with E-state index in [1.807, 2.05) is 0 Å². The summed E-state index contributed by atoms with van der Waals surface area (Å²) >= 11 is 0. The van der Waals surface area contributed by atoms with Gasteiger partial charge in [0, 0.05) is 17.3 Å². The van der Waals surface area contributed by atoms with Gasteiger partial charge < -0.3 is 15.3 Å². The summed E-state index contributed by atoms with van der Waals surface area (Å²) in [6.45, 7) is 0. The Hall–Kier alpha value is -4.05. The van der Waals surface area contributed by atoms with Gasteiger partial charge in [-0.2, -0.15) is 10.4 Å². The van der Waals surface area contributed by atoms with Crippen LogP contribution < -0.4 is 5.73 Å². The highest BCUT2D eigenvalue weighted by atomic mass is 16.3. The van der Waals surface area contributed by atoms with Crippen LogP contribution in [0.25, 0.3) is 34.0 Å². The number of rotatable bonds is 3. The van der Waals surface area contributed by atoms with Crippen LogP contribution in [-0.4, -0.2) is 20.3 Å². The Morgan fingerprint density at radius 1 is 1.08 bits per heavy atom. The lowest BCUT2D eigenvalue weighted by atomic mass is 10.0. The van der Waals surface area contributed by atoms with Gasteiger partial charge in [-0.15, -0.1) is 0 Å². The number of hydrogen-bond donors (Lipinski definition) is 3. The summed E-state index contributed by atoms with van der Waals surface area (Å²) in [5.74, 6) is 1.38. The number of pyridine rings is 1. The molecule has 0 unspecified atom stereocenters. The van der Waals surface area contributed by atoms with Crippen LogP contribution in [-0.2, 0) is 0 Å². The quantitative estimate of drug-likeness (QED) is 0.522. The predicted octanol–water partition coefficient (Wildman–Crippen LogP) is 3.56. The van der Waals surface area contributed by atoms with E-state index in [-0.39, 0.29) is 17.1 Å². The molecule has 1 aromatic carbocycles. The molecule has 7 nitrogen and oxygen atoms in total. The third-order valence-corrected chi connectivity index (χ3v) is 3.96. The smallest absolute Gasteiger partial charge is 0.152 e. The second-order valence-electron chi connectivity index (χ2n) is 5.61. The molecular formula is C19H13N5O2. The molecule has 0 aliphatic heterocycles. The summed E-state index contributed by atoms with van der Waals surface area (Å²) in [5.41, 5.74) is 8.87. The van der Waals surface area contributed by atoms with Crippen LogP contribution in [0.1, 0.15) is 5.56 Å². The van der Waals surface area contributed by atoms with Crippen LogP contribution in [0.4, 0.5) is 5.82 Å². The zero-order chi connectivity index (χ0) is 18.1. The second-order valence-corrected chi connectivity index (χ2v) is 5.61. The van der Waals surface area contributed by atoms with Crippen LogP contribution in [0.3, 0.4) is 0 Å². The maximum atomic E-state index is 9.49. The first kappa shape index (κ1) is 15.5. The molecule has 7 heteroatoms. The summed E-state index contributed by atoms with van der Waals surface area (Å²) < 4.78 is 5.88. The number of phenolic OH excluding ortho intramolecular Hbond substituents is 1. The number of nitrogens with zero attached hydrogens (tertiary/aromatic N) is 3. The molecule has 4 N–H and O–H groups in total. The van der Waals surface area contributed by atoms with Crippen molar-refractivity contribution < 1.29 is 9.52 Å². The van der Waals surface area contributed by atoms with Gasteiger partial charge >= 0.3 is 0 Å². The van der Waals surface area contributed by atoms with Crippen molar-refractivity contribution >= 4 is 5.82 Å². The number of anilines is 1. The summed E-state index contributed by atoms with van der Waals surface area (Å²) in [7, 11) is 0. The summed E-state index contributed by atoms with van der Waals surface area (Å²) in [6.07, 6.45) is 1.63. The van der Waals surface area contributed by atoms with Crippen molar-refractivity contribution in [3.63, 3.8) is 0 Å². The molecule has 0 amide bonds. The Morgan fingerprint density at radius 2 is 1.85 bits per heavy atom. The van der Waals surface area contributed by atoms with Crippen molar-refractivity contribution in [2.75, 3.05) is 5.73 Å². The highest BCUT2D eigenvalue weighted by Gasteiger charge is 2.17. The van der Waals surface area contributed by atoms with Gasteiger partial charge in [-0.25, -0.2) is 4.98 Å². The fourth-order valence-electron chi connectivity index (χ4n) is 2.68. The number of H-pyrrole nitrogens is 1. The predicted molar refractivity (Wildman–Crippen MR) is 95.7 cm³/mol. The average molecular weight is 343 g/mol. The van der Waals surface area contributed by atoms with Crippen molar-refractivity contribution in [2.45, 2.75) is 0 Å². The highest BCUT2D eigenvalue weighted by molar-refractivity contribution is 5.78. The largest absolute Gasteiger partial charge is 0.508 e. The Kier molecular flexibility index (Phi) is 3.64. The second kappa shape index (κ2) is 6.11. The first-order chi connectivity index (χ1) is 12.7. The summed E-state index contributed by atoms with van der Waals surface area (Å²) in [6, 6.07) is 15.8. The monoisotopic (exact) mass is 343 g/mol. The molecule has 0 radical (unpaired) electrons. The molecule has 126 valence electrons. The lowest BCUT2D eigenvalue weighted by Gasteiger charge is -2.08. The van der Waals surface area contributed by atoms with E-state index in [0.717, 1.165) is 11.3 Å². The first-order valence-corrected chi connectivity index (χ1v) is 7.75. The fraction of sp³-hybridized carbons (Fsp3) is 0. The lowest BCUT2D eigenvalue weighted by Crippen LogP contribution is -1.99. The van der Waals surface area contributed by atoms with Crippen molar-refractivity contribution in [3.8, 4) is 45.9 Å². The van der Waals surface area contributed by atoms with Gasteiger partial charge in [0.05, 0.1) is 5.69 Å². The first-order valence-electron chi connectivity index (χ1n) is 7.75. The summed E-state index contributed by atoms with van der Waals surface area (Å²) in [4.78, 5) is 4.30. The third-order valence-electron chi connectivity index (χ3n) is 3.96. The average Bonchev–Trinajstić information content (AvgIpc) is 3.33. The Bertz CT molecular complexity index is 1110. The number of nitriles is 1. The molecule has 4 rings (SSSR count). The van der Waals surface area contributed by atoms with Gasteiger partial charge in [-0.1, -0.05) is 0 Å². The number of furan rings is 1. The number of aromatic amines is 1. The topological polar surface area (TPSA) is 125 Å². The van der Waals surface area contributed by atoms with E-state index in [1.165, 1.54) is 0 Å². The molecule has 3 aromatic heterocycles. The minimum absolute atomic E-state index is 0.118. The molecule has 0 saturated heterocycles. The molecule has 0 spiro atoms. The number of nitrogens with two attached hydrogens (primary N) is 1. The molecule has 4 aromatic rings. The van der Waals surface area contributed by atoms with Crippen LogP contribution in [0.15, 0.2) is 59.1 Å². The number of hydrogen-bond acceptors (Lipinski definition) is 6. The van der Waals surface area contributed by atoms with Crippen molar-refractivity contribution in [1.82, 2.24) is 15.2 Å². The van der Waals surface area contributed by atoms with Gasteiger partial charge in [0.25, 0.3) is 0 Å². The minimum atomic E-state index is 0.118. The zero-order valence-electron chi connectivity index (χ0n) is 13.5. The van der Waals surface area contributed by atoms with Crippen molar-refractivity contribution in [3.05, 3.63) is 60.3 Å². The van der Waals surface area contributed by atoms with E-state index in [1.54, 1.807) is 54.7 Å². The number of nitrogens with one attached hydrogen (secondary N) is 1. The van der Waals surface area contributed by atoms with E-state index in [4.69, 9.17) is 10.2 Å². The van der Waals surface area contributed by atoms with Gasteiger partial charge in [0.1, 0.15) is 34.7 Å². The van der Waals surface area contributed by atoms with E-state index in [9.17, 15) is 10.4 Å². The normalized spacial score (nSPS) is 10.6. The van der Waals surface area contributed by atoms with Gasteiger partial charge in [-0.05, 0) is 48.5 Å². The van der Waals surface area contributed by atoms with E-state index in [2.05, 4.69) is 21.3 Å². The van der Waals surface area contributed by atoms with Crippen molar-refractivity contribution in [2.24, 2.45) is 0 Å². The number of nitrogen functional groups attached to an aromatic ring is 1.